The molecule has 0 saturated heterocycles. The first-order valence-electron chi connectivity index (χ1n) is 8.59. The van der Waals surface area contributed by atoms with Crippen LogP contribution < -0.4 is 4.74 Å². The number of aromatic nitrogens is 2. The minimum absolute atomic E-state index is 0.127. The Labute approximate surface area is 157 Å². The Morgan fingerprint density at radius 1 is 1.42 bits per heavy atom. The van der Waals surface area contributed by atoms with Crippen LogP contribution in [0.1, 0.15) is 64.7 Å². The number of pyridine rings is 2. The Hall–Kier alpha value is -2.47. The Morgan fingerprint density at radius 2 is 2.23 bits per heavy atom. The third-order valence-electron chi connectivity index (χ3n) is 4.54. The van der Waals surface area contributed by atoms with Crippen LogP contribution in [0.2, 0.25) is 5.02 Å². The Balaban J connectivity index is 1.80. The molecule has 1 atom stereocenters. The number of ether oxygens (including phenoxy) is 1. The van der Waals surface area contributed by atoms with Gasteiger partial charge >= 0.3 is 0 Å². The molecule has 136 valence electrons. The van der Waals surface area contributed by atoms with Gasteiger partial charge in [-0.25, -0.2) is 4.98 Å². The van der Waals surface area contributed by atoms with Crippen LogP contribution in [0.15, 0.2) is 24.5 Å². The summed E-state index contributed by atoms with van der Waals surface area (Å²) in [6, 6.07) is 3.17. The van der Waals surface area contributed by atoms with Crippen LogP contribution >= 0.6 is 11.6 Å². The predicted molar refractivity (Wildman–Crippen MR) is 97.6 cm³/mol. The van der Waals surface area contributed by atoms with E-state index in [2.05, 4.69) is 16.9 Å². The van der Waals surface area contributed by atoms with Crippen LogP contribution in [0.5, 0.6) is 5.88 Å². The van der Waals surface area contributed by atoms with E-state index in [1.807, 2.05) is 6.92 Å². The van der Waals surface area contributed by atoms with Gasteiger partial charge in [-0.1, -0.05) is 24.9 Å². The van der Waals surface area contributed by atoms with Gasteiger partial charge in [-0.15, -0.1) is 0 Å². The van der Waals surface area contributed by atoms with Crippen molar-refractivity contribution in [3.05, 3.63) is 51.9 Å². The van der Waals surface area contributed by atoms with Crippen LogP contribution in [0.4, 0.5) is 0 Å². The molecule has 3 heterocycles. The third kappa shape index (κ3) is 3.42. The molecular formula is C19H20ClN3O3. The SMILES string of the molecule is CCCCOc1ncc(C(C)N2Cc3c(ccnc3C=O)C2=O)cc1Cl. The zero-order chi connectivity index (χ0) is 18.7. The van der Waals surface area contributed by atoms with E-state index in [0.29, 0.717) is 47.2 Å². The molecule has 0 fully saturated rings. The van der Waals surface area contributed by atoms with E-state index in [4.69, 9.17) is 16.3 Å². The molecule has 7 heteroatoms. The fourth-order valence-corrected chi connectivity index (χ4v) is 3.18. The van der Waals surface area contributed by atoms with Gasteiger partial charge in [-0.3, -0.25) is 14.6 Å². The maximum atomic E-state index is 12.7. The number of carbonyl (C=O) groups excluding carboxylic acids is 2. The van der Waals surface area contributed by atoms with Crippen LogP contribution in [0.3, 0.4) is 0 Å². The number of unbranched alkanes of at least 4 members (excludes halogenated alkanes) is 1. The zero-order valence-electron chi connectivity index (χ0n) is 14.7. The van der Waals surface area contributed by atoms with Crippen molar-refractivity contribution in [1.29, 1.82) is 0 Å². The van der Waals surface area contributed by atoms with Crippen molar-refractivity contribution in [1.82, 2.24) is 14.9 Å². The average Bonchev–Trinajstić information content (AvgIpc) is 2.99. The largest absolute Gasteiger partial charge is 0.477 e. The molecule has 2 aromatic heterocycles. The molecule has 1 unspecified atom stereocenters. The van der Waals surface area contributed by atoms with E-state index < -0.39 is 0 Å². The van der Waals surface area contributed by atoms with Gasteiger partial charge in [0.05, 0.1) is 12.6 Å². The Morgan fingerprint density at radius 3 is 2.92 bits per heavy atom. The minimum atomic E-state index is -0.246. The summed E-state index contributed by atoms with van der Waals surface area (Å²) in [4.78, 5) is 33.9. The number of halogens is 1. The van der Waals surface area contributed by atoms with Gasteiger partial charge in [0.2, 0.25) is 5.88 Å². The lowest BCUT2D eigenvalue weighted by Gasteiger charge is -2.24. The molecule has 0 spiro atoms. The summed E-state index contributed by atoms with van der Waals surface area (Å²) in [5, 5.41) is 0.421. The zero-order valence-corrected chi connectivity index (χ0v) is 15.5. The summed E-state index contributed by atoms with van der Waals surface area (Å²) in [5.74, 6) is 0.275. The van der Waals surface area contributed by atoms with Crippen molar-refractivity contribution >= 4 is 23.8 Å². The van der Waals surface area contributed by atoms with Crippen LogP contribution in [-0.4, -0.2) is 33.7 Å². The average molecular weight is 374 g/mol. The summed E-state index contributed by atoms with van der Waals surface area (Å²) in [6.07, 6.45) is 5.80. The Kier molecular flexibility index (Phi) is 5.52. The molecule has 1 aliphatic rings. The first-order valence-corrected chi connectivity index (χ1v) is 8.96. The summed E-state index contributed by atoms with van der Waals surface area (Å²) in [7, 11) is 0. The molecule has 2 aromatic rings. The molecule has 0 aliphatic carbocycles. The number of carbonyl (C=O) groups is 2. The third-order valence-corrected chi connectivity index (χ3v) is 4.81. The maximum absolute atomic E-state index is 12.7. The molecule has 0 saturated carbocycles. The quantitative estimate of drug-likeness (QED) is 0.544. The normalized spacial score (nSPS) is 14.3. The molecule has 0 radical (unpaired) electrons. The number of fused-ring (bicyclic) bond motifs is 1. The summed E-state index contributed by atoms with van der Waals surface area (Å²) < 4.78 is 5.57. The van der Waals surface area contributed by atoms with Crippen molar-refractivity contribution in [2.45, 2.75) is 39.3 Å². The van der Waals surface area contributed by atoms with Gasteiger partial charge in [0, 0.05) is 30.1 Å². The second-order valence-electron chi connectivity index (χ2n) is 6.21. The van der Waals surface area contributed by atoms with Crippen molar-refractivity contribution < 1.29 is 14.3 Å². The first-order chi connectivity index (χ1) is 12.6. The molecule has 0 aromatic carbocycles. The smallest absolute Gasteiger partial charge is 0.255 e. The lowest BCUT2D eigenvalue weighted by Crippen LogP contribution is -2.27. The summed E-state index contributed by atoms with van der Waals surface area (Å²) in [5.41, 5.74) is 2.30. The number of rotatable bonds is 7. The number of hydrogen-bond acceptors (Lipinski definition) is 5. The lowest BCUT2D eigenvalue weighted by molar-refractivity contribution is 0.0715. The highest BCUT2D eigenvalue weighted by atomic mass is 35.5. The molecule has 26 heavy (non-hydrogen) atoms. The molecule has 0 bridgehead atoms. The fraction of sp³-hybridized carbons (Fsp3) is 0.368. The fourth-order valence-electron chi connectivity index (χ4n) is 2.95. The standard InChI is InChI=1S/C19H20ClN3O3/c1-3-4-7-26-18-16(20)8-13(9-22-18)12(2)23-10-15-14(19(23)25)5-6-21-17(15)11-24/h5-6,8-9,11-12H,3-4,7,10H2,1-2H3. The van der Waals surface area contributed by atoms with Gasteiger partial charge in [0.1, 0.15) is 10.7 Å². The van der Waals surface area contributed by atoms with Crippen molar-refractivity contribution in [2.24, 2.45) is 0 Å². The monoisotopic (exact) mass is 373 g/mol. The van der Waals surface area contributed by atoms with Crippen LogP contribution in [0.25, 0.3) is 0 Å². The van der Waals surface area contributed by atoms with Gasteiger partial charge in [-0.2, -0.15) is 0 Å². The topological polar surface area (TPSA) is 72.4 Å². The highest BCUT2D eigenvalue weighted by Gasteiger charge is 2.33. The van der Waals surface area contributed by atoms with Gasteiger partial charge in [0.15, 0.2) is 6.29 Å². The number of aldehydes is 1. The molecular weight excluding hydrogens is 354 g/mol. The van der Waals surface area contributed by atoms with Gasteiger partial charge in [0.25, 0.3) is 5.91 Å². The van der Waals surface area contributed by atoms with Gasteiger partial charge in [-0.05, 0) is 31.0 Å². The van der Waals surface area contributed by atoms with Crippen LogP contribution in [0, 0.1) is 0 Å². The summed E-state index contributed by atoms with van der Waals surface area (Å²) in [6.45, 7) is 4.89. The minimum Gasteiger partial charge on any atom is -0.477 e. The molecule has 3 rings (SSSR count). The van der Waals surface area contributed by atoms with Crippen LogP contribution in [-0.2, 0) is 6.54 Å². The maximum Gasteiger partial charge on any atom is 0.255 e. The van der Waals surface area contributed by atoms with E-state index in [0.717, 1.165) is 18.4 Å². The highest BCUT2D eigenvalue weighted by molar-refractivity contribution is 6.31. The van der Waals surface area contributed by atoms with Gasteiger partial charge < -0.3 is 9.64 Å². The molecule has 1 aliphatic heterocycles. The van der Waals surface area contributed by atoms with E-state index >= 15 is 0 Å². The molecule has 1 amide bonds. The second-order valence-corrected chi connectivity index (χ2v) is 6.61. The van der Waals surface area contributed by atoms with E-state index in [1.165, 1.54) is 6.20 Å². The van der Waals surface area contributed by atoms with E-state index in [-0.39, 0.29) is 11.9 Å². The Bertz CT molecular complexity index is 841. The van der Waals surface area contributed by atoms with Crippen molar-refractivity contribution in [3.63, 3.8) is 0 Å². The van der Waals surface area contributed by atoms with E-state index in [9.17, 15) is 9.59 Å². The summed E-state index contributed by atoms with van der Waals surface area (Å²) >= 11 is 6.29. The molecule has 6 nitrogen and oxygen atoms in total. The molecule has 0 N–H and O–H groups in total. The number of hydrogen-bond donors (Lipinski definition) is 0. The highest BCUT2D eigenvalue weighted by Crippen LogP contribution is 2.33. The van der Waals surface area contributed by atoms with E-state index in [1.54, 1.807) is 23.2 Å². The second kappa shape index (κ2) is 7.83. The van der Waals surface area contributed by atoms with Crippen molar-refractivity contribution in [3.8, 4) is 5.88 Å². The lowest BCUT2D eigenvalue weighted by atomic mass is 10.1. The number of nitrogens with zero attached hydrogens (tertiary/aromatic N) is 3. The predicted octanol–water partition coefficient (Wildman–Crippen LogP) is 3.84. The first kappa shape index (κ1) is 18.3. The van der Waals surface area contributed by atoms with Crippen molar-refractivity contribution in [2.75, 3.05) is 6.61 Å². The number of amides is 1.